The minimum Gasteiger partial charge on any atom is -0.424 e. The minimum atomic E-state index is -0.132. The maximum absolute atomic E-state index is 6.40. The van der Waals surface area contributed by atoms with Crippen LogP contribution in [0.15, 0.2) is 243 Å². The number of rotatable bonds is 16. The van der Waals surface area contributed by atoms with Crippen molar-refractivity contribution in [1.29, 1.82) is 0 Å². The van der Waals surface area contributed by atoms with Gasteiger partial charge in [-0.3, -0.25) is 0 Å². The van der Waals surface area contributed by atoms with Crippen LogP contribution >= 0.6 is 0 Å². The second-order valence-corrected chi connectivity index (χ2v) is 16.1. The molecule has 0 radical (unpaired) electrons. The zero-order chi connectivity index (χ0) is 48.3. The van der Waals surface area contributed by atoms with Crippen LogP contribution in [0.5, 0.6) is 58.8 Å². The van der Waals surface area contributed by atoms with Crippen LogP contribution in [-0.4, -0.2) is 29.9 Å². The van der Waals surface area contributed by atoms with Crippen LogP contribution in [0, 0.1) is 0 Å². The third-order valence-corrected chi connectivity index (χ3v) is 11.2. The van der Waals surface area contributed by atoms with E-state index in [2.05, 4.69) is 59.5 Å². The van der Waals surface area contributed by atoms with Crippen LogP contribution in [0.4, 0.5) is 11.6 Å². The summed E-state index contributed by atoms with van der Waals surface area (Å²) in [7, 11) is 0. The highest BCUT2D eigenvalue weighted by Crippen LogP contribution is 2.36. The van der Waals surface area contributed by atoms with Gasteiger partial charge in [0.2, 0.25) is 5.95 Å². The van der Waals surface area contributed by atoms with E-state index >= 15 is 0 Å². The summed E-state index contributed by atoms with van der Waals surface area (Å²) < 4.78 is 31.4. The van der Waals surface area contributed by atoms with Crippen molar-refractivity contribution < 1.29 is 23.7 Å². The van der Waals surface area contributed by atoms with Gasteiger partial charge in [0.15, 0.2) is 11.5 Å². The van der Waals surface area contributed by atoms with Gasteiger partial charge >= 0.3 is 30.1 Å². The van der Waals surface area contributed by atoms with E-state index in [1.807, 2.05) is 194 Å². The van der Waals surface area contributed by atoms with E-state index in [-0.39, 0.29) is 47.5 Å². The van der Waals surface area contributed by atoms with E-state index in [1.54, 1.807) is 24.3 Å². The Kier molecular flexibility index (Phi) is 12.9. The Bertz CT molecular complexity index is 3100. The molecule has 11 aromatic rings. The molecule has 9 aromatic carbocycles. The Morgan fingerprint density at radius 3 is 0.806 bits per heavy atom. The first-order chi connectivity index (χ1) is 35.6. The summed E-state index contributed by atoms with van der Waals surface area (Å²) in [6.45, 7) is 0. The third kappa shape index (κ3) is 11.0. The lowest BCUT2D eigenvalue weighted by Crippen LogP contribution is -2.04. The molecule has 12 heteroatoms. The monoisotopic (exact) mass is 939 g/mol. The van der Waals surface area contributed by atoms with Gasteiger partial charge in [-0.05, 0) is 105 Å². The summed E-state index contributed by atoms with van der Waals surface area (Å²) in [6, 6.07) is 77.8. The molecule has 0 saturated heterocycles. The predicted molar refractivity (Wildman–Crippen MR) is 277 cm³/mol. The Morgan fingerprint density at radius 2 is 0.472 bits per heavy atom. The zero-order valence-corrected chi connectivity index (χ0v) is 38.3. The van der Waals surface area contributed by atoms with Crippen molar-refractivity contribution in [3.63, 3.8) is 0 Å². The van der Waals surface area contributed by atoms with Crippen molar-refractivity contribution in [2.45, 2.75) is 0 Å². The molecule has 72 heavy (non-hydrogen) atoms. The standard InChI is InChI=1S/C60H41N7O5/c1-5-15-41(16-6-1)45-25-33-49(34-26-45)61-55-62-56(68-50-35-27-46(28-36-50)42-17-7-2-8-18-42)64-57(63-55)71-53-23-13-14-24-54(53)72-60-66-58(69-51-37-29-47(30-38-51)43-19-9-3-10-20-43)65-59(67-60)70-52-39-31-48(32-40-52)44-21-11-4-12-22-44/h1-40H,(H,61,62,63,64). The number of anilines is 2. The molecule has 0 aliphatic carbocycles. The Labute approximate surface area is 414 Å². The molecule has 11 rings (SSSR count). The van der Waals surface area contributed by atoms with Gasteiger partial charge in [0.05, 0.1) is 0 Å². The molecule has 0 spiro atoms. The van der Waals surface area contributed by atoms with Crippen LogP contribution in [0.1, 0.15) is 0 Å². The lowest BCUT2D eigenvalue weighted by molar-refractivity contribution is 0.346. The molecule has 0 unspecified atom stereocenters. The fraction of sp³-hybridized carbons (Fsp3) is 0. The molecule has 0 amide bonds. The van der Waals surface area contributed by atoms with E-state index < -0.39 is 0 Å². The Morgan fingerprint density at radius 1 is 0.222 bits per heavy atom. The molecule has 0 aliphatic rings. The molecular weight excluding hydrogens is 899 g/mol. The normalized spacial score (nSPS) is 10.8. The molecular formula is C60H41N7O5. The second kappa shape index (κ2) is 21.0. The van der Waals surface area contributed by atoms with Gasteiger partial charge in [-0.25, -0.2) is 0 Å². The first-order valence-electron chi connectivity index (χ1n) is 23.0. The van der Waals surface area contributed by atoms with Gasteiger partial charge in [-0.2, -0.15) is 9.97 Å². The van der Waals surface area contributed by atoms with Gasteiger partial charge in [-0.1, -0.05) is 182 Å². The first kappa shape index (κ1) is 44.3. The molecule has 2 heterocycles. The van der Waals surface area contributed by atoms with Gasteiger partial charge in [0, 0.05) is 5.69 Å². The van der Waals surface area contributed by atoms with Crippen molar-refractivity contribution in [3.8, 4) is 103 Å². The van der Waals surface area contributed by atoms with Crippen LogP contribution in [0.25, 0.3) is 44.5 Å². The summed E-state index contributed by atoms with van der Waals surface area (Å²) in [5.74, 6) is 2.13. The van der Waals surface area contributed by atoms with Crippen molar-refractivity contribution in [3.05, 3.63) is 243 Å². The second-order valence-electron chi connectivity index (χ2n) is 16.1. The number of benzene rings is 9. The summed E-state index contributed by atoms with van der Waals surface area (Å²) >= 11 is 0. The predicted octanol–water partition coefficient (Wildman–Crippen LogP) is 15.4. The van der Waals surface area contributed by atoms with E-state index in [9.17, 15) is 0 Å². The average molecular weight is 940 g/mol. The fourth-order valence-electron chi connectivity index (χ4n) is 7.62. The quantitative estimate of drug-likeness (QED) is 0.0987. The summed E-state index contributed by atoms with van der Waals surface area (Å²) in [5, 5.41) is 3.29. The number of aromatic nitrogens is 6. The van der Waals surface area contributed by atoms with Crippen molar-refractivity contribution in [2.24, 2.45) is 0 Å². The molecule has 2 aromatic heterocycles. The van der Waals surface area contributed by atoms with E-state index in [0.717, 1.165) is 50.2 Å². The van der Waals surface area contributed by atoms with E-state index in [4.69, 9.17) is 23.7 Å². The molecule has 12 nitrogen and oxygen atoms in total. The summed E-state index contributed by atoms with van der Waals surface area (Å²) in [6.07, 6.45) is 0. The Balaban J connectivity index is 0.885. The highest BCUT2D eigenvalue weighted by Gasteiger charge is 2.18. The lowest BCUT2D eigenvalue weighted by Gasteiger charge is -2.13. The van der Waals surface area contributed by atoms with Crippen molar-refractivity contribution >= 4 is 11.6 Å². The zero-order valence-electron chi connectivity index (χ0n) is 38.3. The largest absolute Gasteiger partial charge is 0.424 e. The van der Waals surface area contributed by atoms with Crippen LogP contribution in [0.2, 0.25) is 0 Å². The number of hydrogen-bond acceptors (Lipinski definition) is 12. The van der Waals surface area contributed by atoms with Gasteiger partial charge in [0.25, 0.3) is 0 Å². The lowest BCUT2D eigenvalue weighted by atomic mass is 10.1. The van der Waals surface area contributed by atoms with Gasteiger partial charge in [-0.15, -0.1) is 19.9 Å². The van der Waals surface area contributed by atoms with E-state index in [0.29, 0.717) is 17.2 Å². The molecule has 0 aliphatic heterocycles. The van der Waals surface area contributed by atoms with Gasteiger partial charge < -0.3 is 29.0 Å². The maximum atomic E-state index is 6.40. The molecule has 0 fully saturated rings. The topological polar surface area (TPSA) is 136 Å². The minimum absolute atomic E-state index is 0.0103. The van der Waals surface area contributed by atoms with Crippen LogP contribution < -0.4 is 29.0 Å². The molecule has 0 bridgehead atoms. The number of para-hydroxylation sites is 2. The first-order valence-corrected chi connectivity index (χ1v) is 23.0. The number of ether oxygens (including phenoxy) is 5. The molecule has 0 atom stereocenters. The Hall–Kier alpha value is -10.2. The average Bonchev–Trinajstić information content (AvgIpc) is 3.43. The molecule has 0 saturated carbocycles. The van der Waals surface area contributed by atoms with E-state index in [1.165, 1.54) is 0 Å². The molecule has 1 N–H and O–H groups in total. The summed E-state index contributed by atoms with van der Waals surface area (Å²) in [5.41, 5.74) is 9.21. The maximum Gasteiger partial charge on any atom is 0.331 e. The number of nitrogens with one attached hydrogen (secondary N) is 1. The number of nitrogens with zero attached hydrogens (tertiary/aromatic N) is 6. The van der Waals surface area contributed by atoms with Gasteiger partial charge in [0.1, 0.15) is 17.2 Å². The fourth-order valence-corrected chi connectivity index (χ4v) is 7.62. The SMILES string of the molecule is c1ccc(-c2ccc(Nc3nc(Oc4ccc(-c5ccccc5)cc4)nc(Oc4ccccc4Oc4nc(Oc5ccc(-c6ccccc6)cc5)nc(Oc5ccc(-c6ccccc6)cc5)n4)n3)cc2)cc1. The highest BCUT2D eigenvalue weighted by atomic mass is 16.6. The van der Waals surface area contributed by atoms with Crippen LogP contribution in [-0.2, 0) is 0 Å². The van der Waals surface area contributed by atoms with Crippen molar-refractivity contribution in [1.82, 2.24) is 29.9 Å². The number of hydrogen-bond donors (Lipinski definition) is 1. The van der Waals surface area contributed by atoms with Crippen LogP contribution in [0.3, 0.4) is 0 Å². The third-order valence-electron chi connectivity index (χ3n) is 11.2. The molecule has 346 valence electrons. The summed E-state index contributed by atoms with van der Waals surface area (Å²) in [4.78, 5) is 27.5. The van der Waals surface area contributed by atoms with Crippen molar-refractivity contribution in [2.75, 3.05) is 5.32 Å². The smallest absolute Gasteiger partial charge is 0.331 e. The highest BCUT2D eigenvalue weighted by molar-refractivity contribution is 5.68.